The Morgan fingerprint density at radius 1 is 1.40 bits per heavy atom. The van der Waals surface area contributed by atoms with Crippen LogP contribution in [0.5, 0.6) is 0 Å². The van der Waals surface area contributed by atoms with Gasteiger partial charge < -0.3 is 10.6 Å². The molecule has 0 radical (unpaired) electrons. The van der Waals surface area contributed by atoms with E-state index in [1.54, 1.807) is 4.68 Å². The Hall–Kier alpha value is -1.19. The highest BCUT2D eigenvalue weighted by Gasteiger charge is 2.17. The van der Waals surface area contributed by atoms with Gasteiger partial charge in [-0.3, -0.25) is 4.68 Å². The fraction of sp³-hybridized carbons (Fsp3) is 0.727. The Labute approximate surface area is 92.1 Å². The molecule has 0 saturated carbocycles. The number of anilines is 2. The van der Waals surface area contributed by atoms with Crippen molar-refractivity contribution in [1.29, 1.82) is 0 Å². The van der Waals surface area contributed by atoms with E-state index in [0.717, 1.165) is 18.1 Å². The Balaban J connectivity index is 2.93. The number of hydrogen-bond acceptors (Lipinski definition) is 3. The van der Waals surface area contributed by atoms with Gasteiger partial charge in [0, 0.05) is 25.8 Å². The third-order valence-electron chi connectivity index (χ3n) is 2.29. The van der Waals surface area contributed by atoms with Gasteiger partial charge in [0.05, 0.1) is 5.69 Å². The summed E-state index contributed by atoms with van der Waals surface area (Å²) in [5.74, 6) is 1.51. The van der Waals surface area contributed by atoms with Crippen molar-refractivity contribution in [3.05, 3.63) is 6.20 Å². The summed E-state index contributed by atoms with van der Waals surface area (Å²) in [6.07, 6.45) is 1.85. The van der Waals surface area contributed by atoms with Crippen LogP contribution in [0, 0.1) is 5.92 Å². The van der Waals surface area contributed by atoms with E-state index in [2.05, 4.69) is 37.7 Å². The molecule has 0 bridgehead atoms. The average molecular weight is 210 g/mol. The molecule has 0 unspecified atom stereocenters. The lowest BCUT2D eigenvalue weighted by Gasteiger charge is -2.28. The first kappa shape index (κ1) is 11.9. The minimum atomic E-state index is 0.421. The zero-order valence-corrected chi connectivity index (χ0v) is 10.4. The highest BCUT2D eigenvalue weighted by molar-refractivity contribution is 5.62. The van der Waals surface area contributed by atoms with Gasteiger partial charge in [0.15, 0.2) is 5.82 Å². The number of aromatic nitrogens is 2. The molecule has 0 fully saturated rings. The Morgan fingerprint density at radius 2 is 2.00 bits per heavy atom. The Bertz CT molecular complexity index is 314. The maximum Gasteiger partial charge on any atom is 0.174 e. The molecule has 0 aliphatic heterocycles. The summed E-state index contributed by atoms with van der Waals surface area (Å²) in [4.78, 5) is 2.25. The highest BCUT2D eigenvalue weighted by atomic mass is 15.4. The van der Waals surface area contributed by atoms with E-state index in [-0.39, 0.29) is 0 Å². The van der Waals surface area contributed by atoms with Gasteiger partial charge in [-0.25, -0.2) is 0 Å². The molecule has 86 valence electrons. The molecule has 0 spiro atoms. The van der Waals surface area contributed by atoms with E-state index >= 15 is 0 Å². The molecule has 0 saturated heterocycles. The Kier molecular flexibility index (Phi) is 3.61. The summed E-state index contributed by atoms with van der Waals surface area (Å²) in [5, 5.41) is 4.40. The zero-order chi connectivity index (χ0) is 11.6. The van der Waals surface area contributed by atoms with Crippen LogP contribution in [0.25, 0.3) is 0 Å². The summed E-state index contributed by atoms with van der Waals surface area (Å²) in [5.41, 5.74) is 6.69. The minimum absolute atomic E-state index is 0.421. The molecule has 1 aromatic heterocycles. The van der Waals surface area contributed by atoms with Crippen molar-refractivity contribution in [1.82, 2.24) is 9.78 Å². The third-order valence-corrected chi connectivity index (χ3v) is 2.29. The van der Waals surface area contributed by atoms with Crippen LogP contribution in [0.2, 0.25) is 0 Å². The van der Waals surface area contributed by atoms with Crippen molar-refractivity contribution < 1.29 is 0 Å². The summed E-state index contributed by atoms with van der Waals surface area (Å²) >= 11 is 0. The summed E-state index contributed by atoms with van der Waals surface area (Å²) in [6, 6.07) is 0.421. The van der Waals surface area contributed by atoms with Gasteiger partial charge in [0.1, 0.15) is 0 Å². The number of aryl methyl sites for hydroxylation is 1. The normalized spacial score (nSPS) is 11.4. The fourth-order valence-electron chi connectivity index (χ4n) is 1.65. The van der Waals surface area contributed by atoms with E-state index in [4.69, 9.17) is 5.73 Å². The van der Waals surface area contributed by atoms with E-state index in [1.165, 1.54) is 0 Å². The van der Waals surface area contributed by atoms with Crippen molar-refractivity contribution >= 4 is 11.5 Å². The maximum atomic E-state index is 5.93. The Morgan fingerprint density at radius 3 is 2.33 bits per heavy atom. The average Bonchev–Trinajstić information content (AvgIpc) is 2.40. The van der Waals surface area contributed by atoms with Crippen LogP contribution in [0.3, 0.4) is 0 Å². The van der Waals surface area contributed by atoms with Crippen LogP contribution in [-0.2, 0) is 7.05 Å². The molecule has 0 aliphatic carbocycles. The smallest absolute Gasteiger partial charge is 0.174 e. The molecule has 0 amide bonds. The summed E-state index contributed by atoms with van der Waals surface area (Å²) < 4.78 is 1.76. The van der Waals surface area contributed by atoms with Gasteiger partial charge >= 0.3 is 0 Å². The molecule has 0 aliphatic rings. The fourth-order valence-corrected chi connectivity index (χ4v) is 1.65. The molecule has 2 N–H and O–H groups in total. The van der Waals surface area contributed by atoms with Crippen LogP contribution >= 0.6 is 0 Å². The number of nitrogens with zero attached hydrogens (tertiary/aromatic N) is 3. The highest BCUT2D eigenvalue weighted by Crippen LogP contribution is 2.23. The van der Waals surface area contributed by atoms with E-state index in [0.29, 0.717) is 12.0 Å². The molecule has 0 aromatic carbocycles. The summed E-state index contributed by atoms with van der Waals surface area (Å²) in [7, 11) is 1.90. The van der Waals surface area contributed by atoms with Crippen molar-refractivity contribution in [2.45, 2.75) is 33.7 Å². The van der Waals surface area contributed by atoms with E-state index < -0.39 is 0 Å². The lowest BCUT2D eigenvalue weighted by molar-refractivity contribution is 0.562. The first-order valence-electron chi connectivity index (χ1n) is 5.47. The van der Waals surface area contributed by atoms with Gasteiger partial charge in [-0.2, -0.15) is 5.10 Å². The first-order chi connectivity index (χ1) is 6.91. The van der Waals surface area contributed by atoms with Crippen molar-refractivity contribution in [2.24, 2.45) is 13.0 Å². The largest absolute Gasteiger partial charge is 0.394 e. The van der Waals surface area contributed by atoms with Crippen molar-refractivity contribution in [3.8, 4) is 0 Å². The number of rotatable bonds is 4. The van der Waals surface area contributed by atoms with Crippen LogP contribution < -0.4 is 10.6 Å². The molecule has 1 heterocycles. The molecule has 4 heteroatoms. The van der Waals surface area contributed by atoms with Gasteiger partial charge in [0.25, 0.3) is 0 Å². The number of nitrogen functional groups attached to an aromatic ring is 1. The van der Waals surface area contributed by atoms with Crippen LogP contribution in [0.15, 0.2) is 6.20 Å². The van der Waals surface area contributed by atoms with Crippen LogP contribution in [-0.4, -0.2) is 22.4 Å². The molecule has 1 rings (SSSR count). The SMILES string of the molecule is CC(C)CN(c1nn(C)cc1N)C(C)C. The minimum Gasteiger partial charge on any atom is -0.394 e. The first-order valence-corrected chi connectivity index (χ1v) is 5.47. The predicted octanol–water partition coefficient (Wildman–Crippen LogP) is 1.87. The molecule has 1 aromatic rings. The zero-order valence-electron chi connectivity index (χ0n) is 10.4. The van der Waals surface area contributed by atoms with Gasteiger partial charge in [-0.1, -0.05) is 13.8 Å². The second-order valence-electron chi connectivity index (χ2n) is 4.72. The topological polar surface area (TPSA) is 47.1 Å². The predicted molar refractivity (Wildman–Crippen MR) is 64.9 cm³/mol. The van der Waals surface area contributed by atoms with Crippen molar-refractivity contribution in [2.75, 3.05) is 17.2 Å². The lowest BCUT2D eigenvalue weighted by Crippen LogP contribution is -2.35. The molecular weight excluding hydrogens is 188 g/mol. The van der Waals surface area contributed by atoms with Gasteiger partial charge in [0.2, 0.25) is 0 Å². The number of nitrogens with two attached hydrogens (primary N) is 1. The van der Waals surface area contributed by atoms with Gasteiger partial charge in [-0.15, -0.1) is 0 Å². The lowest BCUT2D eigenvalue weighted by atomic mass is 10.2. The standard InChI is InChI=1S/C11H22N4/c1-8(2)6-15(9(3)4)11-10(12)7-14(5)13-11/h7-9H,6,12H2,1-5H3. The number of hydrogen-bond donors (Lipinski definition) is 1. The summed E-state index contributed by atoms with van der Waals surface area (Å²) in [6.45, 7) is 9.72. The molecule has 0 atom stereocenters. The third kappa shape index (κ3) is 2.88. The van der Waals surface area contributed by atoms with Crippen LogP contribution in [0.4, 0.5) is 11.5 Å². The molecule has 4 nitrogen and oxygen atoms in total. The maximum absolute atomic E-state index is 5.93. The second-order valence-corrected chi connectivity index (χ2v) is 4.72. The monoisotopic (exact) mass is 210 g/mol. The van der Waals surface area contributed by atoms with Gasteiger partial charge in [-0.05, 0) is 19.8 Å². The second kappa shape index (κ2) is 4.55. The van der Waals surface area contributed by atoms with Crippen molar-refractivity contribution in [3.63, 3.8) is 0 Å². The quantitative estimate of drug-likeness (QED) is 0.825. The van der Waals surface area contributed by atoms with E-state index in [1.807, 2.05) is 13.2 Å². The molecular formula is C11H22N4. The van der Waals surface area contributed by atoms with E-state index in [9.17, 15) is 0 Å². The molecule has 15 heavy (non-hydrogen) atoms. The van der Waals surface area contributed by atoms with Crippen LogP contribution in [0.1, 0.15) is 27.7 Å².